The molecule has 0 aromatic heterocycles. The van der Waals surface area contributed by atoms with Crippen molar-refractivity contribution in [3.63, 3.8) is 0 Å². The van der Waals surface area contributed by atoms with Crippen LogP contribution in [0, 0.1) is 11.8 Å². The second kappa shape index (κ2) is 12.0. The predicted octanol–water partition coefficient (Wildman–Crippen LogP) is 1.25. The number of fused-ring (bicyclic) bond motifs is 2. The van der Waals surface area contributed by atoms with Gasteiger partial charge in [-0.15, -0.1) is 0 Å². The molecule has 1 heterocycles. The number of ketones is 2. The summed E-state index contributed by atoms with van der Waals surface area (Å²) < 4.78 is 5.86. The van der Waals surface area contributed by atoms with Crippen LogP contribution in [0.3, 0.4) is 0 Å². The average Bonchev–Trinajstić information content (AvgIpc) is 2.85. The SMILES string of the molecule is CN(C(=O)C(=O)Cc1cccc2c1[CH]C(=O)c1ccc(NC(=N)N)cc1CCCO2)[C@@H](CC(=O)O)C(=O)O. The fourth-order valence-electron chi connectivity index (χ4n) is 4.10. The Balaban J connectivity index is 1.88. The number of carbonyl (C=O) groups is 5. The minimum absolute atomic E-state index is 0.243. The number of likely N-dealkylation sites (N-methyl/N-ethyl adjacent to an activating group) is 1. The molecule has 38 heavy (non-hydrogen) atoms. The highest BCUT2D eigenvalue weighted by atomic mass is 16.5. The molecule has 1 aliphatic heterocycles. The van der Waals surface area contributed by atoms with Crippen LogP contribution in [0.2, 0.25) is 0 Å². The Bertz CT molecular complexity index is 1310. The molecule has 0 fully saturated rings. The molecule has 0 bridgehead atoms. The van der Waals surface area contributed by atoms with Crippen molar-refractivity contribution in [2.24, 2.45) is 5.73 Å². The number of nitrogens with one attached hydrogen (secondary N) is 2. The van der Waals surface area contributed by atoms with E-state index < -0.39 is 42.5 Å². The van der Waals surface area contributed by atoms with E-state index in [4.69, 9.17) is 21.0 Å². The summed E-state index contributed by atoms with van der Waals surface area (Å²) in [5, 5.41) is 28.4. The second-order valence-electron chi connectivity index (χ2n) is 8.67. The van der Waals surface area contributed by atoms with E-state index in [0.717, 1.165) is 7.05 Å². The molecule has 0 aliphatic carbocycles. The number of carboxylic acids is 2. The Morgan fingerprint density at radius 1 is 1.18 bits per heavy atom. The van der Waals surface area contributed by atoms with E-state index in [-0.39, 0.29) is 11.7 Å². The molecule has 2 aromatic rings. The number of hydrogen-bond donors (Lipinski definition) is 5. The molecule has 1 radical (unpaired) electrons. The van der Waals surface area contributed by atoms with Crippen LogP contribution in [0.5, 0.6) is 5.75 Å². The van der Waals surface area contributed by atoms with Gasteiger partial charge in [-0.1, -0.05) is 12.1 Å². The molecular weight excluding hydrogens is 496 g/mol. The van der Waals surface area contributed by atoms with Crippen molar-refractivity contribution in [2.45, 2.75) is 31.7 Å². The number of Topliss-reactive ketones (excluding diaryl/α,β-unsaturated/α-hetero) is 2. The van der Waals surface area contributed by atoms with Crippen LogP contribution < -0.4 is 15.8 Å². The zero-order valence-corrected chi connectivity index (χ0v) is 20.5. The first kappa shape index (κ1) is 27.8. The van der Waals surface area contributed by atoms with Crippen molar-refractivity contribution >= 4 is 41.1 Å². The number of rotatable bonds is 8. The second-order valence-corrected chi connectivity index (χ2v) is 8.67. The highest BCUT2D eigenvalue weighted by molar-refractivity contribution is 6.37. The monoisotopic (exact) mass is 523 g/mol. The molecule has 0 unspecified atom stereocenters. The molecule has 3 rings (SSSR count). The van der Waals surface area contributed by atoms with E-state index in [1.807, 2.05) is 0 Å². The van der Waals surface area contributed by atoms with Crippen LogP contribution in [0.1, 0.15) is 39.9 Å². The fourth-order valence-corrected chi connectivity index (χ4v) is 4.10. The summed E-state index contributed by atoms with van der Waals surface area (Å²) in [6.45, 7) is 0.299. The van der Waals surface area contributed by atoms with E-state index in [1.165, 1.54) is 6.42 Å². The standard InChI is InChI=1S/C26H27N4O8/c1-30(19(25(36)37)13-23(33)34)24(35)21(32)11-15-4-2-6-22-18(15)12-20(31)17-8-7-16(29-26(27)28)10-14(17)5-3-9-38-22/h2,4,6-8,10,12,19H,3,5,9,11,13H2,1H3,(H,33,34)(H,36,37)(H4,27,28,29)/t19-/m0/s1. The van der Waals surface area contributed by atoms with Crippen LogP contribution in [0.15, 0.2) is 36.4 Å². The van der Waals surface area contributed by atoms with Crippen molar-refractivity contribution in [3.8, 4) is 5.75 Å². The Morgan fingerprint density at radius 2 is 1.92 bits per heavy atom. The summed E-state index contributed by atoms with van der Waals surface area (Å²) in [6.07, 6.45) is 1.07. The van der Waals surface area contributed by atoms with Gasteiger partial charge in [0.05, 0.1) is 19.4 Å². The van der Waals surface area contributed by atoms with Gasteiger partial charge in [0.15, 0.2) is 11.7 Å². The third kappa shape index (κ3) is 6.72. The van der Waals surface area contributed by atoms with Gasteiger partial charge in [0.25, 0.3) is 5.91 Å². The van der Waals surface area contributed by atoms with E-state index in [1.54, 1.807) is 36.4 Å². The number of carboxylic acid groups (broad SMARTS) is 2. The lowest BCUT2D eigenvalue weighted by Crippen LogP contribution is -2.46. The van der Waals surface area contributed by atoms with E-state index in [9.17, 15) is 29.1 Å². The molecule has 6 N–H and O–H groups in total. The Kier molecular flexibility index (Phi) is 8.79. The summed E-state index contributed by atoms with van der Waals surface area (Å²) in [4.78, 5) is 61.8. The summed E-state index contributed by atoms with van der Waals surface area (Å²) in [5.41, 5.74) is 7.71. The van der Waals surface area contributed by atoms with E-state index in [0.29, 0.717) is 58.0 Å². The van der Waals surface area contributed by atoms with Gasteiger partial charge < -0.3 is 30.9 Å². The van der Waals surface area contributed by atoms with Crippen LogP contribution in [0.25, 0.3) is 0 Å². The first-order valence-corrected chi connectivity index (χ1v) is 11.6. The third-order valence-electron chi connectivity index (χ3n) is 5.96. The Morgan fingerprint density at radius 3 is 2.58 bits per heavy atom. The van der Waals surface area contributed by atoms with Crippen molar-refractivity contribution < 1.29 is 38.9 Å². The average molecular weight is 524 g/mol. The number of carbonyl (C=O) groups excluding carboxylic acids is 3. The van der Waals surface area contributed by atoms with Gasteiger partial charge >= 0.3 is 11.9 Å². The molecule has 2 aromatic carbocycles. The Labute approximate surface area is 217 Å². The lowest BCUT2D eigenvalue weighted by molar-refractivity contribution is -0.155. The van der Waals surface area contributed by atoms with Gasteiger partial charge in [-0.25, -0.2) is 4.79 Å². The molecule has 12 nitrogen and oxygen atoms in total. The quantitative estimate of drug-likeness (QED) is 0.190. The zero-order chi connectivity index (χ0) is 28.0. The normalized spacial score (nSPS) is 13.7. The van der Waals surface area contributed by atoms with Crippen LogP contribution in [0.4, 0.5) is 5.69 Å². The number of amides is 1. The predicted molar refractivity (Wildman–Crippen MR) is 135 cm³/mol. The summed E-state index contributed by atoms with van der Waals surface area (Å²) >= 11 is 0. The smallest absolute Gasteiger partial charge is 0.327 e. The first-order chi connectivity index (χ1) is 18.0. The highest BCUT2D eigenvalue weighted by Gasteiger charge is 2.32. The largest absolute Gasteiger partial charge is 0.493 e. The number of benzene rings is 2. The molecule has 0 saturated carbocycles. The summed E-state index contributed by atoms with van der Waals surface area (Å²) in [7, 11) is 1.05. The molecule has 1 atom stereocenters. The van der Waals surface area contributed by atoms with E-state index in [2.05, 4.69) is 5.32 Å². The van der Waals surface area contributed by atoms with Gasteiger partial charge in [0.2, 0.25) is 5.78 Å². The van der Waals surface area contributed by atoms with Gasteiger partial charge in [-0.2, -0.15) is 0 Å². The van der Waals surface area contributed by atoms with Gasteiger partial charge in [-0.3, -0.25) is 24.6 Å². The van der Waals surface area contributed by atoms with Crippen LogP contribution in [-0.2, 0) is 32.0 Å². The fraction of sp³-hybridized carbons (Fsp3) is 0.269. The van der Waals surface area contributed by atoms with Gasteiger partial charge in [0.1, 0.15) is 11.8 Å². The number of guanidine groups is 1. The number of aryl methyl sites for hydroxylation is 1. The van der Waals surface area contributed by atoms with Crippen molar-refractivity contribution in [1.29, 1.82) is 5.41 Å². The molecule has 1 aliphatic rings. The Hall–Kier alpha value is -4.74. The molecular formula is C26H27N4O8. The van der Waals surface area contributed by atoms with Gasteiger partial charge in [-0.05, 0) is 48.2 Å². The lowest BCUT2D eigenvalue weighted by atomic mass is 9.91. The molecule has 199 valence electrons. The van der Waals surface area contributed by atoms with Crippen LogP contribution in [-0.4, -0.2) is 70.2 Å². The van der Waals surface area contributed by atoms with Gasteiger partial charge in [0, 0.05) is 30.3 Å². The van der Waals surface area contributed by atoms with Crippen LogP contribution >= 0.6 is 0 Å². The highest BCUT2D eigenvalue weighted by Crippen LogP contribution is 2.29. The van der Waals surface area contributed by atoms with E-state index >= 15 is 0 Å². The zero-order valence-electron chi connectivity index (χ0n) is 20.5. The van der Waals surface area contributed by atoms with Crippen molar-refractivity contribution in [3.05, 3.63) is 65.1 Å². The third-order valence-corrected chi connectivity index (χ3v) is 5.96. The molecule has 0 spiro atoms. The number of nitrogens with two attached hydrogens (primary N) is 1. The topological polar surface area (TPSA) is 200 Å². The molecule has 0 saturated heterocycles. The summed E-state index contributed by atoms with van der Waals surface area (Å²) in [6, 6.07) is 8.04. The number of anilines is 1. The minimum Gasteiger partial charge on any atom is -0.493 e. The van der Waals surface area contributed by atoms with Crippen molar-refractivity contribution in [1.82, 2.24) is 4.90 Å². The molecule has 12 heteroatoms. The lowest BCUT2D eigenvalue weighted by Gasteiger charge is -2.23. The number of aliphatic carboxylic acids is 2. The number of ether oxygens (including phenoxy) is 1. The van der Waals surface area contributed by atoms with Crippen molar-refractivity contribution in [2.75, 3.05) is 19.0 Å². The molecule has 1 amide bonds. The number of nitrogens with zero attached hydrogens (tertiary/aromatic N) is 1. The first-order valence-electron chi connectivity index (χ1n) is 11.6. The maximum Gasteiger partial charge on any atom is 0.327 e. The minimum atomic E-state index is -1.72. The maximum atomic E-state index is 13.3. The maximum absolute atomic E-state index is 13.3. The number of hydrogen-bond acceptors (Lipinski definition) is 7. The summed E-state index contributed by atoms with van der Waals surface area (Å²) in [5.74, 6) is -5.40.